The van der Waals surface area contributed by atoms with Crippen LogP contribution in [0.1, 0.15) is 12.8 Å². The number of nitrogens with zero attached hydrogens (tertiary/aromatic N) is 2. The lowest BCUT2D eigenvalue weighted by molar-refractivity contribution is -0.120. The fourth-order valence-electron chi connectivity index (χ4n) is 2.09. The minimum Gasteiger partial charge on any atom is -0.329 e. The summed E-state index contributed by atoms with van der Waals surface area (Å²) in [5.74, 6) is 0.0209. The first-order valence-electron chi connectivity index (χ1n) is 6.35. The van der Waals surface area contributed by atoms with Gasteiger partial charge in [0.05, 0.1) is 11.1 Å². The third-order valence-electron chi connectivity index (χ3n) is 3.60. The van der Waals surface area contributed by atoms with Crippen LogP contribution in [0.2, 0.25) is 0 Å². The smallest absolute Gasteiger partial charge is 0.231 e. The molecule has 1 aromatic heterocycles. The number of carbonyl (C=O) groups excluding carboxylic acids is 1. The van der Waals surface area contributed by atoms with Crippen molar-refractivity contribution in [1.29, 1.82) is 0 Å². The van der Waals surface area contributed by atoms with E-state index < -0.39 is 0 Å². The highest BCUT2D eigenvalue weighted by Gasteiger charge is 2.48. The molecular weight excluding hydrogens is 240 g/mol. The molecule has 0 atom stereocenters. The van der Waals surface area contributed by atoms with Gasteiger partial charge >= 0.3 is 0 Å². The van der Waals surface area contributed by atoms with Crippen LogP contribution >= 0.6 is 0 Å². The number of benzene rings is 1. The first-order valence-corrected chi connectivity index (χ1v) is 6.35. The van der Waals surface area contributed by atoms with Gasteiger partial charge in [0.2, 0.25) is 5.91 Å². The van der Waals surface area contributed by atoms with Crippen molar-refractivity contribution in [3.63, 3.8) is 0 Å². The lowest BCUT2D eigenvalue weighted by Gasteiger charge is -2.13. The lowest BCUT2D eigenvalue weighted by atomic mass is 10.1. The zero-order chi connectivity index (χ0) is 13.3. The molecule has 1 fully saturated rings. The molecule has 3 N–H and O–H groups in total. The molecule has 5 nitrogen and oxygen atoms in total. The van der Waals surface area contributed by atoms with Crippen molar-refractivity contribution in [1.82, 2.24) is 9.78 Å². The van der Waals surface area contributed by atoms with E-state index in [1.165, 1.54) is 0 Å². The number of aromatic nitrogens is 2. The molecule has 1 heterocycles. The van der Waals surface area contributed by atoms with Gasteiger partial charge < -0.3 is 11.1 Å². The van der Waals surface area contributed by atoms with Crippen molar-refractivity contribution >= 4 is 11.6 Å². The Morgan fingerprint density at radius 1 is 1.42 bits per heavy atom. The van der Waals surface area contributed by atoms with E-state index in [2.05, 4.69) is 10.4 Å². The Morgan fingerprint density at radius 2 is 2.26 bits per heavy atom. The minimum atomic E-state index is -0.332. The number of anilines is 1. The van der Waals surface area contributed by atoms with E-state index in [4.69, 9.17) is 5.73 Å². The predicted molar refractivity (Wildman–Crippen MR) is 72.9 cm³/mol. The number of carbonyl (C=O) groups is 1. The number of nitrogens with one attached hydrogen (secondary N) is 1. The molecule has 0 aliphatic heterocycles. The SMILES string of the molecule is NCC1(C(=O)Nc2cccc(-n3cccn3)c2)CC1. The van der Waals surface area contributed by atoms with Crippen molar-refractivity contribution in [2.75, 3.05) is 11.9 Å². The molecular formula is C14H16N4O. The summed E-state index contributed by atoms with van der Waals surface area (Å²) in [6.07, 6.45) is 5.35. The average molecular weight is 256 g/mol. The Kier molecular flexibility index (Phi) is 2.83. The predicted octanol–water partition coefficient (Wildman–Crippen LogP) is 1.55. The molecule has 1 aromatic carbocycles. The minimum absolute atomic E-state index is 0.0209. The van der Waals surface area contributed by atoms with Crippen LogP contribution in [0.25, 0.3) is 5.69 Å². The van der Waals surface area contributed by atoms with Crippen molar-refractivity contribution in [3.05, 3.63) is 42.7 Å². The zero-order valence-corrected chi connectivity index (χ0v) is 10.5. The normalized spacial score (nSPS) is 16.1. The summed E-state index contributed by atoms with van der Waals surface area (Å²) in [5, 5.41) is 7.11. The van der Waals surface area contributed by atoms with Crippen molar-refractivity contribution < 1.29 is 4.79 Å². The van der Waals surface area contributed by atoms with Crippen LogP contribution in [0.3, 0.4) is 0 Å². The molecule has 1 aliphatic carbocycles. The molecule has 19 heavy (non-hydrogen) atoms. The number of hydrogen-bond donors (Lipinski definition) is 2. The Morgan fingerprint density at radius 3 is 2.89 bits per heavy atom. The number of amides is 1. The molecule has 0 bridgehead atoms. The van der Waals surface area contributed by atoms with E-state index >= 15 is 0 Å². The quantitative estimate of drug-likeness (QED) is 0.871. The van der Waals surface area contributed by atoms with Gasteiger partial charge in [-0.1, -0.05) is 6.07 Å². The summed E-state index contributed by atoms with van der Waals surface area (Å²) in [5.41, 5.74) is 7.02. The van der Waals surface area contributed by atoms with Gasteiger partial charge in [0.1, 0.15) is 0 Å². The molecule has 2 aromatic rings. The fourth-order valence-corrected chi connectivity index (χ4v) is 2.09. The number of hydrogen-bond acceptors (Lipinski definition) is 3. The Hall–Kier alpha value is -2.14. The largest absolute Gasteiger partial charge is 0.329 e. The van der Waals surface area contributed by atoms with Crippen LogP contribution in [0.4, 0.5) is 5.69 Å². The molecule has 98 valence electrons. The first kappa shape index (κ1) is 11.9. The molecule has 5 heteroatoms. The highest BCUT2D eigenvalue weighted by molar-refractivity contribution is 5.97. The highest BCUT2D eigenvalue weighted by atomic mass is 16.2. The van der Waals surface area contributed by atoms with E-state index in [-0.39, 0.29) is 11.3 Å². The molecule has 0 saturated heterocycles. The van der Waals surface area contributed by atoms with Gasteiger partial charge in [-0.3, -0.25) is 4.79 Å². The number of nitrogens with two attached hydrogens (primary N) is 1. The van der Waals surface area contributed by atoms with E-state index in [1.54, 1.807) is 10.9 Å². The molecule has 1 aliphatic rings. The second kappa shape index (κ2) is 4.51. The lowest BCUT2D eigenvalue weighted by Crippen LogP contribution is -2.30. The van der Waals surface area contributed by atoms with Crippen LogP contribution in [-0.2, 0) is 4.79 Å². The van der Waals surface area contributed by atoms with Gasteiger partial charge in [0.15, 0.2) is 0 Å². The molecule has 1 saturated carbocycles. The maximum Gasteiger partial charge on any atom is 0.231 e. The van der Waals surface area contributed by atoms with Crippen LogP contribution in [-0.4, -0.2) is 22.2 Å². The maximum absolute atomic E-state index is 12.1. The van der Waals surface area contributed by atoms with E-state index in [0.717, 1.165) is 24.2 Å². The molecule has 0 unspecified atom stereocenters. The second-order valence-corrected chi connectivity index (χ2v) is 4.94. The molecule has 3 rings (SSSR count). The molecule has 0 radical (unpaired) electrons. The van der Waals surface area contributed by atoms with Crippen molar-refractivity contribution in [3.8, 4) is 5.69 Å². The van der Waals surface area contributed by atoms with Gasteiger partial charge in [-0.2, -0.15) is 5.10 Å². The van der Waals surface area contributed by atoms with Crippen LogP contribution in [0.15, 0.2) is 42.7 Å². The van der Waals surface area contributed by atoms with Crippen LogP contribution < -0.4 is 11.1 Å². The third kappa shape index (κ3) is 2.24. The standard InChI is InChI=1S/C14H16N4O/c15-10-14(5-6-14)13(19)17-11-3-1-4-12(9-11)18-8-2-7-16-18/h1-4,7-9H,5-6,10,15H2,(H,17,19). The Labute approximate surface area is 111 Å². The summed E-state index contributed by atoms with van der Waals surface area (Å²) in [6.45, 7) is 0.414. The second-order valence-electron chi connectivity index (χ2n) is 4.94. The van der Waals surface area contributed by atoms with Crippen LogP contribution in [0.5, 0.6) is 0 Å². The van der Waals surface area contributed by atoms with Gasteiger partial charge in [0, 0.05) is 24.6 Å². The Bertz CT molecular complexity index is 587. The zero-order valence-electron chi connectivity index (χ0n) is 10.5. The van der Waals surface area contributed by atoms with E-state index in [0.29, 0.717) is 6.54 Å². The summed E-state index contributed by atoms with van der Waals surface area (Å²) in [7, 11) is 0. The highest BCUT2D eigenvalue weighted by Crippen LogP contribution is 2.45. The average Bonchev–Trinajstić information content (AvgIpc) is 3.05. The van der Waals surface area contributed by atoms with Crippen LogP contribution in [0, 0.1) is 5.41 Å². The van der Waals surface area contributed by atoms with Crippen molar-refractivity contribution in [2.24, 2.45) is 11.1 Å². The van der Waals surface area contributed by atoms with E-state index in [9.17, 15) is 4.79 Å². The van der Waals surface area contributed by atoms with E-state index in [1.807, 2.05) is 36.5 Å². The maximum atomic E-state index is 12.1. The summed E-state index contributed by atoms with van der Waals surface area (Å²) in [4.78, 5) is 12.1. The molecule has 0 spiro atoms. The third-order valence-corrected chi connectivity index (χ3v) is 3.60. The van der Waals surface area contributed by atoms with Gasteiger partial charge in [-0.05, 0) is 37.1 Å². The van der Waals surface area contributed by atoms with Gasteiger partial charge in [-0.25, -0.2) is 4.68 Å². The fraction of sp³-hybridized carbons (Fsp3) is 0.286. The topological polar surface area (TPSA) is 72.9 Å². The monoisotopic (exact) mass is 256 g/mol. The molecule has 1 amide bonds. The van der Waals surface area contributed by atoms with Crippen molar-refractivity contribution in [2.45, 2.75) is 12.8 Å². The number of rotatable bonds is 4. The van der Waals surface area contributed by atoms with Gasteiger partial charge in [0.25, 0.3) is 0 Å². The van der Waals surface area contributed by atoms with Gasteiger partial charge in [-0.15, -0.1) is 0 Å². The first-order chi connectivity index (χ1) is 9.23. The summed E-state index contributed by atoms with van der Waals surface area (Å²) >= 11 is 0. The Balaban J connectivity index is 1.79. The summed E-state index contributed by atoms with van der Waals surface area (Å²) in [6, 6.07) is 9.47. The summed E-state index contributed by atoms with van der Waals surface area (Å²) < 4.78 is 1.76.